The van der Waals surface area contributed by atoms with Crippen LogP contribution in [0.4, 0.5) is 11.4 Å². The lowest BCUT2D eigenvalue weighted by atomic mass is 9.97. The van der Waals surface area contributed by atoms with Crippen LogP contribution in [0, 0.1) is 5.92 Å². The van der Waals surface area contributed by atoms with Gasteiger partial charge in [0, 0.05) is 37.8 Å². The minimum atomic E-state index is -3.17. The fourth-order valence-corrected chi connectivity index (χ4v) is 4.00. The predicted molar refractivity (Wildman–Crippen MR) is 93.0 cm³/mol. The first-order valence-corrected chi connectivity index (χ1v) is 9.93. The minimum Gasteiger partial charge on any atom is -0.489 e. The van der Waals surface area contributed by atoms with E-state index in [9.17, 15) is 13.2 Å². The van der Waals surface area contributed by atoms with E-state index in [2.05, 4.69) is 10.2 Å². The number of benzene rings is 1. The van der Waals surface area contributed by atoms with Crippen molar-refractivity contribution in [3.8, 4) is 5.75 Å². The average molecular weight is 353 g/mol. The van der Waals surface area contributed by atoms with Crippen LogP contribution in [0.2, 0.25) is 0 Å². The molecule has 1 amide bonds. The van der Waals surface area contributed by atoms with Gasteiger partial charge in [-0.3, -0.25) is 4.79 Å². The van der Waals surface area contributed by atoms with Crippen molar-refractivity contribution in [1.29, 1.82) is 0 Å². The Labute approximate surface area is 142 Å². The number of rotatable bonds is 3. The van der Waals surface area contributed by atoms with Crippen LogP contribution >= 0.6 is 0 Å². The van der Waals surface area contributed by atoms with Crippen molar-refractivity contribution in [2.75, 3.05) is 49.8 Å². The van der Waals surface area contributed by atoms with Crippen molar-refractivity contribution in [3.05, 3.63) is 18.2 Å². The summed E-state index contributed by atoms with van der Waals surface area (Å²) in [6.07, 6.45) is 2.30. The number of nitrogens with zero attached hydrogens (tertiary/aromatic N) is 2. The molecule has 0 aliphatic carbocycles. The van der Waals surface area contributed by atoms with E-state index in [1.54, 1.807) is 0 Å². The number of carbonyl (C=O) groups is 1. The van der Waals surface area contributed by atoms with E-state index >= 15 is 0 Å². The molecular weight excluding hydrogens is 330 g/mol. The second-order valence-corrected chi connectivity index (χ2v) is 8.36. The summed E-state index contributed by atoms with van der Waals surface area (Å²) in [6.45, 7) is 2.27. The predicted octanol–water partition coefficient (Wildman–Crippen LogP) is 1.13. The van der Waals surface area contributed by atoms with Crippen LogP contribution in [0.15, 0.2) is 18.2 Å². The summed E-state index contributed by atoms with van der Waals surface area (Å²) in [5.74, 6) is 0.545. The second-order valence-electron chi connectivity index (χ2n) is 6.38. The van der Waals surface area contributed by atoms with Gasteiger partial charge >= 0.3 is 0 Å². The molecule has 2 aliphatic heterocycles. The number of hydrogen-bond acceptors (Lipinski definition) is 5. The largest absolute Gasteiger partial charge is 0.489 e. The Hall–Kier alpha value is -1.80. The lowest BCUT2D eigenvalue weighted by Crippen LogP contribution is -2.40. The summed E-state index contributed by atoms with van der Waals surface area (Å²) < 4.78 is 30.1. The zero-order chi connectivity index (χ0) is 17.3. The third-order valence-corrected chi connectivity index (χ3v) is 5.92. The third-order valence-electron chi connectivity index (χ3n) is 4.62. The molecule has 7 nitrogen and oxygen atoms in total. The first-order valence-electron chi connectivity index (χ1n) is 8.08. The molecule has 1 N–H and O–H groups in total. The van der Waals surface area contributed by atoms with Crippen molar-refractivity contribution in [2.45, 2.75) is 12.8 Å². The quantitative estimate of drug-likeness (QED) is 0.881. The number of sulfonamides is 1. The van der Waals surface area contributed by atoms with Crippen LogP contribution in [0.25, 0.3) is 0 Å². The molecule has 0 aromatic heterocycles. The Kier molecular flexibility index (Phi) is 4.69. The highest BCUT2D eigenvalue weighted by atomic mass is 32.2. The molecule has 2 aliphatic rings. The van der Waals surface area contributed by atoms with E-state index in [1.807, 2.05) is 25.2 Å². The van der Waals surface area contributed by atoms with Gasteiger partial charge < -0.3 is 15.0 Å². The molecule has 0 atom stereocenters. The number of nitrogens with one attached hydrogen (secondary N) is 1. The van der Waals surface area contributed by atoms with Gasteiger partial charge in [-0.05, 0) is 25.0 Å². The van der Waals surface area contributed by atoms with Gasteiger partial charge in [0.15, 0.2) is 0 Å². The van der Waals surface area contributed by atoms with Crippen LogP contribution in [-0.4, -0.2) is 58.2 Å². The number of piperidine rings is 1. The molecule has 2 heterocycles. The van der Waals surface area contributed by atoms with Crippen LogP contribution in [0.3, 0.4) is 0 Å². The summed E-state index contributed by atoms with van der Waals surface area (Å²) in [5.41, 5.74) is 1.72. The highest BCUT2D eigenvalue weighted by Gasteiger charge is 2.29. The molecule has 3 rings (SSSR count). The summed E-state index contributed by atoms with van der Waals surface area (Å²) in [5, 5.41) is 2.92. The molecule has 0 saturated carbocycles. The summed E-state index contributed by atoms with van der Waals surface area (Å²) in [7, 11) is -1.16. The number of anilines is 2. The molecule has 24 heavy (non-hydrogen) atoms. The fourth-order valence-electron chi connectivity index (χ4n) is 3.13. The van der Waals surface area contributed by atoms with Crippen LogP contribution in [0.5, 0.6) is 5.75 Å². The van der Waals surface area contributed by atoms with E-state index in [4.69, 9.17) is 4.74 Å². The Morgan fingerprint density at radius 2 is 1.96 bits per heavy atom. The first-order chi connectivity index (χ1) is 11.3. The fraction of sp³-hybridized carbons (Fsp3) is 0.562. The molecular formula is C16H23N3O4S. The topological polar surface area (TPSA) is 79.0 Å². The zero-order valence-electron chi connectivity index (χ0n) is 14.0. The number of carbonyl (C=O) groups excluding carboxylic acids is 1. The number of fused-ring (bicyclic) bond motifs is 1. The molecule has 1 aromatic rings. The number of likely N-dealkylation sites (N-methyl/N-ethyl adjacent to an activating group) is 1. The SMILES string of the molecule is CN1CCOc2cc(NC(=O)C3CCN(S(C)(=O)=O)CC3)ccc21. The van der Waals surface area contributed by atoms with Crippen molar-refractivity contribution in [2.24, 2.45) is 5.92 Å². The molecule has 0 spiro atoms. The van der Waals surface area contributed by atoms with Gasteiger partial charge in [-0.2, -0.15) is 0 Å². The third kappa shape index (κ3) is 3.64. The number of amides is 1. The van der Waals surface area contributed by atoms with E-state index in [-0.39, 0.29) is 11.8 Å². The highest BCUT2D eigenvalue weighted by Crippen LogP contribution is 2.33. The molecule has 0 unspecified atom stereocenters. The van der Waals surface area contributed by atoms with Gasteiger partial charge in [-0.15, -0.1) is 0 Å². The van der Waals surface area contributed by atoms with Crippen molar-refractivity contribution >= 4 is 27.3 Å². The standard InChI is InChI=1S/C16H23N3O4S/c1-18-9-10-23-15-11-13(3-4-14(15)18)17-16(20)12-5-7-19(8-6-12)24(2,21)22/h3-4,11-12H,5-10H2,1-2H3,(H,17,20). The van der Waals surface area contributed by atoms with Crippen molar-refractivity contribution in [1.82, 2.24) is 4.31 Å². The first kappa shape index (κ1) is 17.0. The zero-order valence-corrected chi connectivity index (χ0v) is 14.8. The normalized spacial score (nSPS) is 19.5. The van der Waals surface area contributed by atoms with E-state index in [0.29, 0.717) is 38.2 Å². The Morgan fingerprint density at radius 1 is 1.25 bits per heavy atom. The average Bonchev–Trinajstić information content (AvgIpc) is 2.54. The lowest BCUT2D eigenvalue weighted by molar-refractivity contribution is -0.120. The van der Waals surface area contributed by atoms with Gasteiger partial charge in [-0.25, -0.2) is 12.7 Å². The highest BCUT2D eigenvalue weighted by molar-refractivity contribution is 7.88. The molecule has 132 valence electrons. The Morgan fingerprint density at radius 3 is 2.62 bits per heavy atom. The minimum absolute atomic E-state index is 0.0627. The smallest absolute Gasteiger partial charge is 0.227 e. The van der Waals surface area contributed by atoms with Crippen LogP contribution in [-0.2, 0) is 14.8 Å². The van der Waals surface area contributed by atoms with Gasteiger partial charge in [0.2, 0.25) is 15.9 Å². The Balaban J connectivity index is 1.62. The van der Waals surface area contributed by atoms with Gasteiger partial charge in [0.1, 0.15) is 12.4 Å². The lowest BCUT2D eigenvalue weighted by Gasteiger charge is -2.30. The van der Waals surface area contributed by atoms with Gasteiger partial charge in [0.25, 0.3) is 0 Å². The monoisotopic (exact) mass is 353 g/mol. The molecule has 1 saturated heterocycles. The second kappa shape index (κ2) is 6.60. The van der Waals surface area contributed by atoms with Crippen molar-refractivity contribution < 1.29 is 17.9 Å². The molecule has 1 aromatic carbocycles. The molecule has 8 heteroatoms. The molecule has 0 bridgehead atoms. The summed E-state index contributed by atoms with van der Waals surface area (Å²) in [6, 6.07) is 5.65. The maximum absolute atomic E-state index is 12.4. The Bertz CT molecular complexity index is 727. The molecule has 0 radical (unpaired) electrons. The summed E-state index contributed by atoms with van der Waals surface area (Å²) in [4.78, 5) is 14.5. The number of ether oxygens (including phenoxy) is 1. The van der Waals surface area contributed by atoms with Gasteiger partial charge in [-0.1, -0.05) is 0 Å². The summed E-state index contributed by atoms with van der Waals surface area (Å²) >= 11 is 0. The van der Waals surface area contributed by atoms with E-state index in [0.717, 1.165) is 18.0 Å². The van der Waals surface area contributed by atoms with Gasteiger partial charge in [0.05, 0.1) is 18.5 Å². The van der Waals surface area contributed by atoms with Crippen LogP contribution in [0.1, 0.15) is 12.8 Å². The van der Waals surface area contributed by atoms with Crippen molar-refractivity contribution in [3.63, 3.8) is 0 Å². The maximum atomic E-state index is 12.4. The number of hydrogen-bond donors (Lipinski definition) is 1. The van der Waals surface area contributed by atoms with Crippen LogP contribution < -0.4 is 15.0 Å². The van der Waals surface area contributed by atoms with E-state index < -0.39 is 10.0 Å². The van der Waals surface area contributed by atoms with E-state index in [1.165, 1.54) is 10.6 Å². The maximum Gasteiger partial charge on any atom is 0.227 e. The molecule has 1 fully saturated rings.